The maximum atomic E-state index is 12.4. The van der Waals surface area contributed by atoms with Crippen LogP contribution in [0.1, 0.15) is 16.2 Å². The second kappa shape index (κ2) is 5.49. The zero-order chi connectivity index (χ0) is 14.7. The highest BCUT2D eigenvalue weighted by atomic mass is 16.2. The molecule has 0 saturated heterocycles. The molecule has 2 N–H and O–H groups in total. The molecule has 9 heteroatoms. The number of tetrazole rings is 1. The van der Waals surface area contributed by atoms with Gasteiger partial charge < -0.3 is 4.90 Å². The molecule has 0 radical (unpaired) electrons. The van der Waals surface area contributed by atoms with E-state index >= 15 is 0 Å². The number of nitrogens with zero attached hydrogens (tertiary/aromatic N) is 6. The van der Waals surface area contributed by atoms with Crippen molar-refractivity contribution in [2.75, 3.05) is 7.05 Å². The summed E-state index contributed by atoms with van der Waals surface area (Å²) in [6, 6.07) is 7.06. The number of nitrogens with one attached hydrogen (secondary N) is 2. The van der Waals surface area contributed by atoms with Crippen molar-refractivity contribution in [1.29, 1.82) is 0 Å². The smallest absolute Gasteiger partial charge is 0.254 e. The van der Waals surface area contributed by atoms with Gasteiger partial charge in [0.25, 0.3) is 5.91 Å². The van der Waals surface area contributed by atoms with Gasteiger partial charge in [0, 0.05) is 18.2 Å². The lowest BCUT2D eigenvalue weighted by Gasteiger charge is -2.15. The first-order chi connectivity index (χ1) is 10.2. The Hall–Kier alpha value is -3.10. The number of carbonyl (C=O) groups is 1. The minimum Gasteiger partial charge on any atom is -0.334 e. The van der Waals surface area contributed by atoms with Crippen molar-refractivity contribution in [1.82, 2.24) is 40.7 Å². The monoisotopic (exact) mass is 284 g/mol. The zero-order valence-corrected chi connectivity index (χ0v) is 11.2. The van der Waals surface area contributed by atoms with Crippen LogP contribution in [0.2, 0.25) is 0 Å². The van der Waals surface area contributed by atoms with Gasteiger partial charge in [0.2, 0.25) is 5.82 Å². The van der Waals surface area contributed by atoms with Gasteiger partial charge in [-0.25, -0.2) is 4.98 Å². The van der Waals surface area contributed by atoms with Crippen LogP contribution in [0.5, 0.6) is 0 Å². The van der Waals surface area contributed by atoms with Crippen molar-refractivity contribution in [3.05, 3.63) is 42.0 Å². The molecule has 0 spiro atoms. The van der Waals surface area contributed by atoms with Gasteiger partial charge in [0.05, 0.1) is 6.54 Å². The number of aromatic nitrogens is 7. The minimum atomic E-state index is -0.128. The van der Waals surface area contributed by atoms with E-state index in [1.54, 1.807) is 30.1 Å². The van der Waals surface area contributed by atoms with Crippen molar-refractivity contribution in [2.24, 2.45) is 0 Å². The van der Waals surface area contributed by atoms with E-state index in [4.69, 9.17) is 0 Å². The first-order valence-electron chi connectivity index (χ1n) is 6.17. The number of H-pyrrole nitrogens is 2. The Bertz CT molecular complexity index is 722. The van der Waals surface area contributed by atoms with E-state index < -0.39 is 0 Å². The van der Waals surface area contributed by atoms with E-state index in [0.717, 1.165) is 5.56 Å². The standard InChI is InChI=1S/C12H12N8O/c1-20(6-10-13-7-14-15-10)12(21)9-4-2-3-8(5-9)11-16-18-19-17-11/h2-5,7H,6H2,1H3,(H,13,14,15)(H,16,17,18,19). The fourth-order valence-electron chi connectivity index (χ4n) is 1.90. The first kappa shape index (κ1) is 12.9. The molecule has 0 fully saturated rings. The molecule has 106 valence electrons. The average Bonchev–Trinajstić information content (AvgIpc) is 3.20. The van der Waals surface area contributed by atoms with Crippen LogP contribution in [-0.2, 0) is 6.54 Å². The largest absolute Gasteiger partial charge is 0.334 e. The van der Waals surface area contributed by atoms with E-state index in [2.05, 4.69) is 35.8 Å². The number of rotatable bonds is 4. The topological polar surface area (TPSA) is 116 Å². The van der Waals surface area contributed by atoms with Crippen LogP contribution < -0.4 is 0 Å². The van der Waals surface area contributed by atoms with Crippen LogP contribution in [-0.4, -0.2) is 53.7 Å². The highest BCUT2D eigenvalue weighted by Gasteiger charge is 2.14. The van der Waals surface area contributed by atoms with Crippen LogP contribution in [0.3, 0.4) is 0 Å². The molecule has 2 aromatic heterocycles. The number of carbonyl (C=O) groups excluding carboxylic acids is 1. The predicted octanol–water partition coefficient (Wildman–Crippen LogP) is 0.257. The Kier molecular flexibility index (Phi) is 3.37. The summed E-state index contributed by atoms with van der Waals surface area (Å²) < 4.78 is 0. The molecular weight excluding hydrogens is 272 g/mol. The second-order valence-electron chi connectivity index (χ2n) is 4.41. The van der Waals surface area contributed by atoms with Crippen LogP contribution in [0.4, 0.5) is 0 Å². The lowest BCUT2D eigenvalue weighted by molar-refractivity contribution is 0.0781. The molecule has 0 aliphatic heterocycles. The van der Waals surface area contributed by atoms with Gasteiger partial charge in [-0.1, -0.05) is 12.1 Å². The summed E-state index contributed by atoms with van der Waals surface area (Å²) in [4.78, 5) is 17.9. The Balaban J connectivity index is 1.80. The molecule has 2 heterocycles. The van der Waals surface area contributed by atoms with E-state index in [9.17, 15) is 4.79 Å². The first-order valence-corrected chi connectivity index (χ1v) is 6.17. The van der Waals surface area contributed by atoms with Crippen LogP contribution in [0, 0.1) is 0 Å². The third kappa shape index (κ3) is 2.76. The lowest BCUT2D eigenvalue weighted by atomic mass is 10.1. The summed E-state index contributed by atoms with van der Waals surface area (Å²) in [6.45, 7) is 0.352. The van der Waals surface area contributed by atoms with Gasteiger partial charge in [-0.05, 0) is 17.3 Å². The molecule has 0 saturated carbocycles. The normalized spacial score (nSPS) is 10.5. The fraction of sp³-hybridized carbons (Fsp3) is 0.167. The molecule has 3 aromatic rings. The fourth-order valence-corrected chi connectivity index (χ4v) is 1.90. The summed E-state index contributed by atoms with van der Waals surface area (Å²) in [6.07, 6.45) is 1.41. The van der Waals surface area contributed by atoms with Crippen LogP contribution in [0.15, 0.2) is 30.6 Å². The molecular formula is C12H12N8O. The van der Waals surface area contributed by atoms with E-state index in [1.807, 2.05) is 6.07 Å². The minimum absolute atomic E-state index is 0.128. The zero-order valence-electron chi connectivity index (χ0n) is 11.2. The maximum absolute atomic E-state index is 12.4. The Labute approximate surface area is 119 Å². The number of benzene rings is 1. The molecule has 3 rings (SSSR count). The van der Waals surface area contributed by atoms with E-state index in [0.29, 0.717) is 23.8 Å². The SMILES string of the molecule is CN(Cc1ncn[nH]1)C(=O)c1cccc(-c2nn[nH]n2)c1. The summed E-state index contributed by atoms with van der Waals surface area (Å²) in [5.74, 6) is 0.944. The molecule has 0 atom stereocenters. The van der Waals surface area contributed by atoms with Crippen molar-refractivity contribution >= 4 is 5.91 Å². The predicted molar refractivity (Wildman–Crippen MR) is 71.8 cm³/mol. The molecule has 0 unspecified atom stereocenters. The molecule has 0 aliphatic carbocycles. The highest BCUT2D eigenvalue weighted by Crippen LogP contribution is 2.16. The molecule has 1 aromatic carbocycles. The molecule has 1 amide bonds. The Morgan fingerprint density at radius 3 is 3.00 bits per heavy atom. The average molecular weight is 284 g/mol. The quantitative estimate of drug-likeness (QED) is 0.709. The third-order valence-corrected chi connectivity index (χ3v) is 2.91. The van der Waals surface area contributed by atoms with Crippen molar-refractivity contribution in [2.45, 2.75) is 6.54 Å². The Morgan fingerprint density at radius 1 is 1.38 bits per heavy atom. The van der Waals surface area contributed by atoms with Gasteiger partial charge in [-0.3, -0.25) is 9.89 Å². The maximum Gasteiger partial charge on any atom is 0.254 e. The van der Waals surface area contributed by atoms with Crippen molar-refractivity contribution in [3.63, 3.8) is 0 Å². The van der Waals surface area contributed by atoms with Gasteiger partial charge in [0.1, 0.15) is 12.2 Å². The summed E-state index contributed by atoms with van der Waals surface area (Å²) >= 11 is 0. The number of amides is 1. The molecule has 9 nitrogen and oxygen atoms in total. The number of hydrogen-bond acceptors (Lipinski definition) is 6. The summed E-state index contributed by atoms with van der Waals surface area (Å²) in [5.41, 5.74) is 1.27. The van der Waals surface area contributed by atoms with Crippen LogP contribution in [0.25, 0.3) is 11.4 Å². The summed E-state index contributed by atoms with van der Waals surface area (Å²) in [7, 11) is 1.70. The van der Waals surface area contributed by atoms with E-state index in [1.165, 1.54) is 6.33 Å². The van der Waals surface area contributed by atoms with Gasteiger partial charge in [-0.15, -0.1) is 10.2 Å². The number of aromatic amines is 2. The lowest BCUT2D eigenvalue weighted by Crippen LogP contribution is -2.26. The van der Waals surface area contributed by atoms with Crippen molar-refractivity contribution < 1.29 is 4.79 Å². The molecule has 0 bridgehead atoms. The second-order valence-corrected chi connectivity index (χ2v) is 4.41. The third-order valence-electron chi connectivity index (χ3n) is 2.91. The van der Waals surface area contributed by atoms with Gasteiger partial charge in [-0.2, -0.15) is 10.3 Å². The highest BCUT2D eigenvalue weighted by molar-refractivity contribution is 5.95. The van der Waals surface area contributed by atoms with E-state index in [-0.39, 0.29) is 5.91 Å². The molecule has 0 aliphatic rings. The summed E-state index contributed by atoms with van der Waals surface area (Å²) in [5, 5.41) is 20.2. The Morgan fingerprint density at radius 2 is 2.29 bits per heavy atom. The van der Waals surface area contributed by atoms with Crippen molar-refractivity contribution in [3.8, 4) is 11.4 Å². The molecule has 21 heavy (non-hydrogen) atoms. The van der Waals surface area contributed by atoms with Crippen LogP contribution >= 0.6 is 0 Å². The van der Waals surface area contributed by atoms with Gasteiger partial charge in [0.15, 0.2) is 0 Å². The van der Waals surface area contributed by atoms with Gasteiger partial charge >= 0.3 is 0 Å². The number of hydrogen-bond donors (Lipinski definition) is 2.